The molecular formula is C20H16ClNO2S. The number of imide groups is 1. The van der Waals surface area contributed by atoms with Gasteiger partial charge in [-0.2, -0.15) is 0 Å². The van der Waals surface area contributed by atoms with Gasteiger partial charge in [0.1, 0.15) is 0 Å². The van der Waals surface area contributed by atoms with E-state index in [-0.39, 0.29) is 17.7 Å². The number of carbonyl (C=O) groups is 2. The lowest BCUT2D eigenvalue weighted by molar-refractivity contribution is -0.123. The van der Waals surface area contributed by atoms with Gasteiger partial charge in [-0.05, 0) is 42.0 Å². The fraction of sp³-hybridized carbons (Fsp3) is 0.100. The lowest BCUT2D eigenvalue weighted by atomic mass is 10.1. The molecule has 1 heterocycles. The normalized spacial score (nSPS) is 16.4. The average Bonchev–Trinajstić information content (AvgIpc) is 2.86. The summed E-state index contributed by atoms with van der Waals surface area (Å²) in [4.78, 5) is 26.3. The molecule has 0 radical (unpaired) electrons. The van der Waals surface area contributed by atoms with E-state index in [2.05, 4.69) is 0 Å². The summed E-state index contributed by atoms with van der Waals surface area (Å²) in [5.41, 5.74) is 2.93. The zero-order valence-corrected chi connectivity index (χ0v) is 15.2. The van der Waals surface area contributed by atoms with E-state index in [9.17, 15) is 9.59 Å². The van der Waals surface area contributed by atoms with Crippen molar-refractivity contribution in [2.45, 2.75) is 13.5 Å². The van der Waals surface area contributed by atoms with Gasteiger partial charge in [0.25, 0.3) is 11.1 Å². The molecule has 0 atom stereocenters. The number of aryl methyl sites for hydroxylation is 1. The van der Waals surface area contributed by atoms with Crippen molar-refractivity contribution in [2.24, 2.45) is 0 Å². The molecule has 0 aromatic heterocycles. The Morgan fingerprint density at radius 1 is 1.08 bits per heavy atom. The van der Waals surface area contributed by atoms with Gasteiger partial charge < -0.3 is 0 Å². The predicted molar refractivity (Wildman–Crippen MR) is 103 cm³/mol. The molecule has 3 nitrogen and oxygen atoms in total. The summed E-state index contributed by atoms with van der Waals surface area (Å²) in [7, 11) is 0. The highest BCUT2D eigenvalue weighted by atomic mass is 35.5. The summed E-state index contributed by atoms with van der Waals surface area (Å²) < 4.78 is 0. The Labute approximate surface area is 156 Å². The fourth-order valence-electron chi connectivity index (χ4n) is 2.38. The predicted octanol–water partition coefficient (Wildman–Crippen LogP) is 5.44. The Morgan fingerprint density at radius 2 is 1.80 bits per heavy atom. The van der Waals surface area contributed by atoms with Gasteiger partial charge in [-0.15, -0.1) is 0 Å². The number of carbonyl (C=O) groups excluding carboxylic acids is 2. The second-order valence-corrected chi connectivity index (χ2v) is 7.06. The number of allylic oxidation sites excluding steroid dienone is 2. The molecule has 126 valence electrons. The van der Waals surface area contributed by atoms with E-state index in [1.807, 2.05) is 55.5 Å². The second-order valence-electron chi connectivity index (χ2n) is 5.66. The molecule has 0 unspecified atom stereocenters. The van der Waals surface area contributed by atoms with Crippen molar-refractivity contribution < 1.29 is 9.59 Å². The molecule has 0 saturated carbocycles. The second kappa shape index (κ2) is 7.72. The molecule has 0 bridgehead atoms. The van der Waals surface area contributed by atoms with Gasteiger partial charge in [0.15, 0.2) is 0 Å². The number of hydrogen-bond donors (Lipinski definition) is 0. The van der Waals surface area contributed by atoms with Crippen molar-refractivity contribution in [3.8, 4) is 0 Å². The smallest absolute Gasteiger partial charge is 0.268 e. The number of rotatable bonds is 4. The highest BCUT2D eigenvalue weighted by molar-refractivity contribution is 8.18. The highest BCUT2D eigenvalue weighted by Gasteiger charge is 2.34. The average molecular weight is 370 g/mol. The van der Waals surface area contributed by atoms with Gasteiger partial charge in [0.2, 0.25) is 0 Å². The van der Waals surface area contributed by atoms with Crippen molar-refractivity contribution in [2.75, 3.05) is 0 Å². The minimum absolute atomic E-state index is 0.247. The Hall–Kier alpha value is -2.30. The van der Waals surface area contributed by atoms with E-state index in [4.69, 9.17) is 11.6 Å². The van der Waals surface area contributed by atoms with E-state index >= 15 is 0 Å². The zero-order chi connectivity index (χ0) is 17.8. The van der Waals surface area contributed by atoms with Gasteiger partial charge in [-0.1, -0.05) is 71.8 Å². The van der Waals surface area contributed by atoms with E-state index < -0.39 is 0 Å². The van der Waals surface area contributed by atoms with E-state index in [1.54, 1.807) is 18.2 Å². The molecule has 5 heteroatoms. The third kappa shape index (κ3) is 4.21. The molecule has 2 amide bonds. The minimum Gasteiger partial charge on any atom is -0.268 e. The summed E-state index contributed by atoms with van der Waals surface area (Å²) in [6, 6.07) is 15.2. The quantitative estimate of drug-likeness (QED) is 0.673. The first-order chi connectivity index (χ1) is 12.0. The van der Waals surface area contributed by atoms with E-state index in [0.29, 0.717) is 9.93 Å². The molecule has 1 saturated heterocycles. The summed E-state index contributed by atoms with van der Waals surface area (Å²) in [6.45, 7) is 2.29. The van der Waals surface area contributed by atoms with Gasteiger partial charge in [0, 0.05) is 5.02 Å². The Morgan fingerprint density at radius 3 is 2.52 bits per heavy atom. The lowest BCUT2D eigenvalue weighted by Crippen LogP contribution is -2.27. The summed E-state index contributed by atoms with van der Waals surface area (Å²) in [5.74, 6) is -0.264. The molecule has 1 fully saturated rings. The first-order valence-corrected chi connectivity index (χ1v) is 8.96. The molecule has 2 aromatic carbocycles. The standard InChI is InChI=1S/C20H16ClNO2S/c1-14-9-11-15(12-10-14)13-22-19(23)18(25-20(22)24)8-4-6-16-5-2-3-7-17(16)21/h2-12H,13H2,1H3/b6-4+,18-8-. The monoisotopic (exact) mass is 369 g/mol. The van der Waals surface area contributed by atoms with Crippen molar-refractivity contribution >= 4 is 40.6 Å². The van der Waals surface area contributed by atoms with Crippen LogP contribution < -0.4 is 0 Å². The summed E-state index contributed by atoms with van der Waals surface area (Å²) >= 11 is 7.05. The van der Waals surface area contributed by atoms with Crippen molar-refractivity contribution in [3.05, 3.63) is 87.3 Å². The van der Waals surface area contributed by atoms with Gasteiger partial charge in [-0.25, -0.2) is 0 Å². The van der Waals surface area contributed by atoms with Crippen LogP contribution in [0.5, 0.6) is 0 Å². The fourth-order valence-corrected chi connectivity index (χ4v) is 3.36. The first-order valence-electron chi connectivity index (χ1n) is 7.77. The van der Waals surface area contributed by atoms with Crippen molar-refractivity contribution in [1.29, 1.82) is 0 Å². The lowest BCUT2D eigenvalue weighted by Gasteiger charge is -2.12. The van der Waals surface area contributed by atoms with E-state index in [0.717, 1.165) is 28.5 Å². The number of amides is 2. The molecule has 1 aliphatic heterocycles. The zero-order valence-electron chi connectivity index (χ0n) is 13.6. The van der Waals surface area contributed by atoms with Crippen LogP contribution in [0.2, 0.25) is 5.02 Å². The van der Waals surface area contributed by atoms with Gasteiger partial charge >= 0.3 is 0 Å². The van der Waals surface area contributed by atoms with Crippen LogP contribution in [0.25, 0.3) is 6.08 Å². The van der Waals surface area contributed by atoms with Gasteiger partial charge in [0.05, 0.1) is 11.4 Å². The van der Waals surface area contributed by atoms with Crippen molar-refractivity contribution in [1.82, 2.24) is 4.90 Å². The molecule has 0 N–H and O–H groups in total. The van der Waals surface area contributed by atoms with Gasteiger partial charge in [-0.3, -0.25) is 14.5 Å². The molecule has 25 heavy (non-hydrogen) atoms. The summed E-state index contributed by atoms with van der Waals surface area (Å²) in [5, 5.41) is 0.391. The maximum Gasteiger partial charge on any atom is 0.293 e. The number of nitrogens with zero attached hydrogens (tertiary/aromatic N) is 1. The number of benzene rings is 2. The molecular weight excluding hydrogens is 354 g/mol. The maximum absolute atomic E-state index is 12.5. The number of hydrogen-bond acceptors (Lipinski definition) is 3. The minimum atomic E-state index is -0.264. The molecule has 0 aliphatic carbocycles. The topological polar surface area (TPSA) is 37.4 Å². The van der Waals surface area contributed by atoms with Crippen LogP contribution >= 0.6 is 23.4 Å². The molecule has 1 aliphatic rings. The van der Waals surface area contributed by atoms with Crippen LogP contribution in [-0.4, -0.2) is 16.0 Å². The maximum atomic E-state index is 12.5. The Bertz CT molecular complexity index is 872. The number of thioether (sulfide) groups is 1. The highest BCUT2D eigenvalue weighted by Crippen LogP contribution is 2.32. The SMILES string of the molecule is Cc1ccc(CN2C(=O)S/C(=C\C=C\c3ccccc3Cl)C2=O)cc1. The van der Waals surface area contributed by atoms with E-state index in [1.165, 1.54) is 4.90 Å². The Balaban J connectivity index is 1.72. The largest absolute Gasteiger partial charge is 0.293 e. The first kappa shape index (κ1) is 17.5. The van der Waals surface area contributed by atoms with Crippen LogP contribution in [0.4, 0.5) is 4.79 Å². The molecule has 3 rings (SSSR count). The number of halogens is 1. The Kier molecular flexibility index (Phi) is 5.41. The third-order valence-electron chi connectivity index (χ3n) is 3.76. The molecule has 0 spiro atoms. The van der Waals surface area contributed by atoms with Crippen LogP contribution in [0, 0.1) is 6.92 Å². The molecule has 2 aromatic rings. The van der Waals surface area contributed by atoms with Crippen molar-refractivity contribution in [3.63, 3.8) is 0 Å². The third-order valence-corrected chi connectivity index (χ3v) is 5.03. The summed E-state index contributed by atoms with van der Waals surface area (Å²) in [6.07, 6.45) is 5.21. The van der Waals surface area contributed by atoms with Crippen LogP contribution in [0.1, 0.15) is 16.7 Å². The van der Waals surface area contributed by atoms with Crippen LogP contribution in [0.3, 0.4) is 0 Å². The van der Waals surface area contributed by atoms with Crippen LogP contribution in [0.15, 0.2) is 65.6 Å². The van der Waals surface area contributed by atoms with Crippen LogP contribution in [-0.2, 0) is 11.3 Å².